The molecule has 0 bridgehead atoms. The number of benzene rings is 8. The van der Waals surface area contributed by atoms with Crippen LogP contribution < -0.4 is 4.90 Å². The van der Waals surface area contributed by atoms with Gasteiger partial charge in [-0.1, -0.05) is 146 Å². The van der Waals surface area contributed by atoms with Gasteiger partial charge in [0.1, 0.15) is 0 Å². The minimum Gasteiger partial charge on any atom is -0.333 e. The molecule has 5 heteroatoms. The van der Waals surface area contributed by atoms with Gasteiger partial charge in [0, 0.05) is 50.4 Å². The van der Waals surface area contributed by atoms with Gasteiger partial charge in [-0.3, -0.25) is 0 Å². The third kappa shape index (κ3) is 5.07. The standard InChI is InChI=1S/C53H35N5/c1-3-15-36(16-4-1)51-54-52(56-53(55-51)38-25-30-44-43-21-11-12-22-45(43)57(48(44)33-38)39-17-5-2-6-18-39)37-23-28-40(29-24-37)58-46-31-26-34-13-7-9-19-41(34)49(46)50-42-20-10-8-14-35(42)27-32-47(50)58/h1-33,46,49H. The van der Waals surface area contributed by atoms with E-state index in [1.807, 2.05) is 18.2 Å². The van der Waals surface area contributed by atoms with Gasteiger partial charge in [-0.15, -0.1) is 0 Å². The summed E-state index contributed by atoms with van der Waals surface area (Å²) in [4.78, 5) is 17.9. The van der Waals surface area contributed by atoms with Crippen LogP contribution in [0.4, 0.5) is 11.4 Å². The first kappa shape index (κ1) is 32.6. The summed E-state index contributed by atoms with van der Waals surface area (Å²) >= 11 is 0. The van der Waals surface area contributed by atoms with Gasteiger partial charge in [-0.05, 0) is 82.1 Å². The van der Waals surface area contributed by atoms with Crippen molar-refractivity contribution in [2.24, 2.45) is 0 Å². The summed E-state index contributed by atoms with van der Waals surface area (Å²) in [7, 11) is 0. The van der Waals surface area contributed by atoms with Gasteiger partial charge in [0.05, 0.1) is 17.1 Å². The number of anilines is 2. The Bertz CT molecular complexity index is 3240. The predicted octanol–water partition coefficient (Wildman–Crippen LogP) is 12.8. The zero-order chi connectivity index (χ0) is 38.2. The monoisotopic (exact) mass is 741 g/mol. The van der Waals surface area contributed by atoms with Gasteiger partial charge in [0.25, 0.3) is 0 Å². The molecule has 0 amide bonds. The highest BCUT2D eigenvalue weighted by atomic mass is 15.2. The quantitative estimate of drug-likeness (QED) is 0.176. The average Bonchev–Trinajstić information content (AvgIpc) is 3.83. The van der Waals surface area contributed by atoms with E-state index in [0.717, 1.165) is 39.1 Å². The highest BCUT2D eigenvalue weighted by molar-refractivity contribution is 6.10. The van der Waals surface area contributed by atoms with E-state index in [1.165, 1.54) is 43.9 Å². The Morgan fingerprint density at radius 2 is 1.05 bits per heavy atom. The van der Waals surface area contributed by atoms with Gasteiger partial charge in [-0.25, -0.2) is 15.0 Å². The number of hydrogen-bond donors (Lipinski definition) is 0. The first-order valence-electron chi connectivity index (χ1n) is 19.9. The topological polar surface area (TPSA) is 46.8 Å². The SMILES string of the molecule is C1=CC2C(c3ccccc31)c1c(ccc3ccccc13)N2c1ccc(-c2nc(-c3ccccc3)nc(-c3ccc4c5ccccc5n(-c5ccccc5)c4c3)n2)cc1. The second kappa shape index (κ2) is 13.0. The fourth-order valence-corrected chi connectivity index (χ4v) is 9.38. The number of aromatic nitrogens is 4. The molecular weight excluding hydrogens is 707 g/mol. The Labute approximate surface area is 335 Å². The fraction of sp³-hybridized carbons (Fsp3) is 0.0377. The van der Waals surface area contributed by atoms with E-state index in [1.54, 1.807) is 0 Å². The Hall–Kier alpha value is -7.63. The molecule has 10 aromatic rings. The first-order valence-corrected chi connectivity index (χ1v) is 19.9. The summed E-state index contributed by atoms with van der Waals surface area (Å²) in [5.41, 5.74) is 12.6. The van der Waals surface area contributed by atoms with Crippen LogP contribution in [-0.2, 0) is 0 Å². The van der Waals surface area contributed by atoms with Crippen LogP contribution >= 0.6 is 0 Å². The second-order valence-electron chi connectivity index (χ2n) is 15.2. The smallest absolute Gasteiger partial charge is 0.164 e. The van der Waals surface area contributed by atoms with E-state index in [-0.39, 0.29) is 12.0 Å². The molecule has 3 heterocycles. The zero-order valence-corrected chi connectivity index (χ0v) is 31.4. The van der Waals surface area contributed by atoms with Crippen LogP contribution in [-0.4, -0.2) is 25.6 Å². The molecule has 0 fully saturated rings. The van der Waals surface area contributed by atoms with Crippen molar-refractivity contribution >= 4 is 50.0 Å². The lowest BCUT2D eigenvalue weighted by Gasteiger charge is -2.31. The summed E-state index contributed by atoms with van der Waals surface area (Å²) in [6, 6.07) is 67.0. The van der Waals surface area contributed by atoms with Crippen molar-refractivity contribution in [2.45, 2.75) is 12.0 Å². The lowest BCUT2D eigenvalue weighted by atomic mass is 9.80. The maximum absolute atomic E-state index is 5.19. The van der Waals surface area contributed by atoms with Gasteiger partial charge in [-0.2, -0.15) is 0 Å². The number of hydrogen-bond acceptors (Lipinski definition) is 4. The van der Waals surface area contributed by atoms with E-state index in [9.17, 15) is 0 Å². The van der Waals surface area contributed by atoms with Crippen LogP contribution in [0.15, 0.2) is 194 Å². The van der Waals surface area contributed by atoms with Crippen LogP contribution in [0.5, 0.6) is 0 Å². The van der Waals surface area contributed by atoms with Crippen LogP contribution in [0.3, 0.4) is 0 Å². The van der Waals surface area contributed by atoms with E-state index >= 15 is 0 Å². The molecule has 2 aliphatic rings. The van der Waals surface area contributed by atoms with E-state index < -0.39 is 0 Å². The Morgan fingerprint density at radius 3 is 1.86 bits per heavy atom. The van der Waals surface area contributed by atoms with E-state index in [0.29, 0.717) is 17.5 Å². The Balaban J connectivity index is 0.988. The number of rotatable bonds is 5. The lowest BCUT2D eigenvalue weighted by molar-refractivity contribution is 0.727. The van der Waals surface area contributed by atoms with Crippen molar-refractivity contribution < 1.29 is 0 Å². The van der Waals surface area contributed by atoms with Crippen molar-refractivity contribution in [2.75, 3.05) is 4.90 Å². The molecule has 8 aromatic carbocycles. The maximum atomic E-state index is 5.19. The largest absolute Gasteiger partial charge is 0.333 e. The normalized spacial score (nSPS) is 15.5. The van der Waals surface area contributed by atoms with Gasteiger partial charge in [0.15, 0.2) is 17.5 Å². The van der Waals surface area contributed by atoms with E-state index in [4.69, 9.17) is 15.0 Å². The predicted molar refractivity (Wildman–Crippen MR) is 238 cm³/mol. The molecule has 2 atom stereocenters. The summed E-state index contributed by atoms with van der Waals surface area (Å²) in [5, 5.41) is 4.98. The zero-order valence-electron chi connectivity index (χ0n) is 31.4. The molecule has 0 radical (unpaired) electrons. The van der Waals surface area contributed by atoms with Gasteiger partial charge < -0.3 is 9.47 Å². The molecule has 2 aromatic heterocycles. The molecule has 2 unspecified atom stereocenters. The molecule has 0 saturated carbocycles. The lowest BCUT2D eigenvalue weighted by Crippen LogP contribution is -2.30. The van der Waals surface area contributed by atoms with Crippen molar-refractivity contribution in [3.05, 3.63) is 211 Å². The summed E-state index contributed by atoms with van der Waals surface area (Å²) in [5.74, 6) is 2.13. The molecule has 0 saturated heterocycles. The summed E-state index contributed by atoms with van der Waals surface area (Å²) in [6.07, 6.45) is 4.67. The molecule has 12 rings (SSSR count). The number of para-hydroxylation sites is 2. The highest BCUT2D eigenvalue weighted by Gasteiger charge is 2.42. The van der Waals surface area contributed by atoms with Crippen molar-refractivity contribution in [1.82, 2.24) is 19.5 Å². The van der Waals surface area contributed by atoms with Gasteiger partial charge >= 0.3 is 0 Å². The average molecular weight is 742 g/mol. The molecule has 0 N–H and O–H groups in total. The second-order valence-corrected chi connectivity index (χ2v) is 15.2. The minimum atomic E-state index is 0.149. The van der Waals surface area contributed by atoms with Crippen LogP contribution in [0.25, 0.3) is 78.5 Å². The highest BCUT2D eigenvalue weighted by Crippen LogP contribution is 2.53. The van der Waals surface area contributed by atoms with Crippen molar-refractivity contribution in [3.63, 3.8) is 0 Å². The van der Waals surface area contributed by atoms with Gasteiger partial charge in [0.2, 0.25) is 0 Å². The molecule has 1 aliphatic heterocycles. The molecule has 5 nitrogen and oxygen atoms in total. The molecular formula is C53H35N5. The van der Waals surface area contributed by atoms with Crippen LogP contribution in [0.2, 0.25) is 0 Å². The number of nitrogens with zero attached hydrogens (tertiary/aromatic N) is 5. The van der Waals surface area contributed by atoms with Crippen molar-refractivity contribution in [1.29, 1.82) is 0 Å². The summed E-state index contributed by atoms with van der Waals surface area (Å²) in [6.45, 7) is 0. The molecule has 272 valence electrons. The Morgan fingerprint density at radius 1 is 0.431 bits per heavy atom. The molecule has 1 aliphatic carbocycles. The van der Waals surface area contributed by atoms with Crippen molar-refractivity contribution in [3.8, 4) is 39.9 Å². The van der Waals surface area contributed by atoms with E-state index in [2.05, 4.69) is 191 Å². The summed E-state index contributed by atoms with van der Waals surface area (Å²) < 4.78 is 2.33. The molecule has 0 spiro atoms. The Kier molecular flexibility index (Phi) is 7.29. The van der Waals surface area contributed by atoms with Crippen LogP contribution in [0.1, 0.15) is 22.6 Å². The first-order chi connectivity index (χ1) is 28.8. The minimum absolute atomic E-state index is 0.149. The number of fused-ring (bicyclic) bond motifs is 10. The third-order valence-electron chi connectivity index (χ3n) is 12.0. The maximum Gasteiger partial charge on any atom is 0.164 e. The van der Waals surface area contributed by atoms with Crippen LogP contribution in [0, 0.1) is 0 Å². The fourth-order valence-electron chi connectivity index (χ4n) is 9.38. The molecule has 58 heavy (non-hydrogen) atoms. The third-order valence-corrected chi connectivity index (χ3v) is 12.0.